The molecule has 0 spiro atoms. The first-order chi connectivity index (χ1) is 17.3. The van der Waals surface area contributed by atoms with Crippen molar-refractivity contribution in [3.63, 3.8) is 0 Å². The quantitative estimate of drug-likeness (QED) is 0.148. The molecule has 0 fully saturated rings. The lowest BCUT2D eigenvalue weighted by atomic mass is 10.1. The van der Waals surface area contributed by atoms with Crippen molar-refractivity contribution in [1.82, 2.24) is 10.1 Å². The normalized spacial score (nSPS) is 10.9. The number of unbranched alkanes of at least 4 members (excludes halogenated alkanes) is 3. The van der Waals surface area contributed by atoms with Crippen molar-refractivity contribution in [1.29, 1.82) is 0 Å². The van der Waals surface area contributed by atoms with Gasteiger partial charge in [-0.05, 0) is 50.7 Å². The number of aliphatic carboxylic acids is 2. The minimum atomic E-state index is -1.26. The number of hydrogen-bond acceptors (Lipinski definition) is 6. The molecule has 1 heterocycles. The van der Waals surface area contributed by atoms with Gasteiger partial charge in [0.1, 0.15) is 11.4 Å². The summed E-state index contributed by atoms with van der Waals surface area (Å²) in [5, 5.41) is 20.9. The van der Waals surface area contributed by atoms with Gasteiger partial charge >= 0.3 is 11.9 Å². The van der Waals surface area contributed by atoms with Gasteiger partial charge in [0.05, 0.1) is 6.61 Å². The molecule has 9 heteroatoms. The van der Waals surface area contributed by atoms with Crippen LogP contribution in [0.25, 0.3) is 22.2 Å². The second-order valence-corrected chi connectivity index (χ2v) is 8.94. The zero-order valence-electron chi connectivity index (χ0n) is 20.2. The molecule has 0 aliphatic heterocycles. The van der Waals surface area contributed by atoms with E-state index in [1.54, 1.807) is 0 Å². The Morgan fingerprint density at radius 3 is 2.36 bits per heavy atom. The first-order valence-electron chi connectivity index (χ1n) is 11.5. The van der Waals surface area contributed by atoms with Gasteiger partial charge in [-0.2, -0.15) is 0 Å². The highest BCUT2D eigenvalue weighted by Gasteiger charge is 2.11. The van der Waals surface area contributed by atoms with Gasteiger partial charge in [-0.25, -0.2) is 9.59 Å². The summed E-state index contributed by atoms with van der Waals surface area (Å²) in [5.74, 6) is -1.68. The largest absolute Gasteiger partial charge is 0.493 e. The Labute approximate surface area is 219 Å². The van der Waals surface area contributed by atoms with Crippen LogP contribution in [0, 0.1) is 0 Å². The maximum Gasteiger partial charge on any atom is 0.328 e. The van der Waals surface area contributed by atoms with E-state index in [-0.39, 0.29) is 0 Å². The topological polar surface area (TPSA) is 113 Å². The molecule has 3 rings (SSSR count). The van der Waals surface area contributed by atoms with Crippen molar-refractivity contribution in [3.05, 3.63) is 71.7 Å². The van der Waals surface area contributed by atoms with E-state index in [1.807, 2.05) is 48.5 Å². The smallest absolute Gasteiger partial charge is 0.328 e. The molecular weight excluding hydrogens is 528 g/mol. The zero-order valence-corrected chi connectivity index (χ0v) is 21.8. The van der Waals surface area contributed by atoms with E-state index in [2.05, 4.69) is 39.6 Å². The lowest BCUT2D eigenvalue weighted by molar-refractivity contribution is -0.134. The van der Waals surface area contributed by atoms with Crippen LogP contribution in [0.1, 0.15) is 25.7 Å². The summed E-state index contributed by atoms with van der Waals surface area (Å²) in [7, 11) is 2.13. The summed E-state index contributed by atoms with van der Waals surface area (Å²) >= 11 is 3.46. The van der Waals surface area contributed by atoms with Crippen molar-refractivity contribution in [2.75, 3.05) is 26.7 Å². The van der Waals surface area contributed by atoms with Crippen molar-refractivity contribution in [2.45, 2.75) is 25.7 Å². The van der Waals surface area contributed by atoms with Gasteiger partial charge in [0.15, 0.2) is 5.58 Å². The Morgan fingerprint density at radius 2 is 1.72 bits per heavy atom. The second kappa shape index (κ2) is 15.5. The fourth-order valence-electron chi connectivity index (χ4n) is 3.31. The number of halogens is 1. The summed E-state index contributed by atoms with van der Waals surface area (Å²) in [4.78, 5) is 21.4. The van der Waals surface area contributed by atoms with Gasteiger partial charge < -0.3 is 24.4 Å². The van der Waals surface area contributed by atoms with Crippen LogP contribution in [0.2, 0.25) is 0 Å². The van der Waals surface area contributed by atoms with E-state index in [0.717, 1.165) is 58.6 Å². The molecule has 8 nitrogen and oxygen atoms in total. The fourth-order valence-corrected chi connectivity index (χ4v) is 3.57. The predicted molar refractivity (Wildman–Crippen MR) is 143 cm³/mol. The minimum Gasteiger partial charge on any atom is -0.493 e. The number of likely N-dealkylation sites (N-methyl/N-ethyl adjacent to an activating group) is 1. The number of carbonyl (C=O) groups is 2. The molecule has 36 heavy (non-hydrogen) atoms. The second-order valence-electron chi connectivity index (χ2n) is 8.02. The number of rotatable bonds is 13. The predicted octanol–water partition coefficient (Wildman–Crippen LogP) is 6.03. The summed E-state index contributed by atoms with van der Waals surface area (Å²) < 4.78 is 12.5. The van der Waals surface area contributed by atoms with Gasteiger partial charge in [0.2, 0.25) is 0 Å². The molecule has 0 atom stereocenters. The van der Waals surface area contributed by atoms with E-state index in [9.17, 15) is 9.59 Å². The Bertz CT molecular complexity index is 1140. The summed E-state index contributed by atoms with van der Waals surface area (Å²) in [5.41, 5.74) is 2.64. The van der Waals surface area contributed by atoms with Crippen LogP contribution in [0.15, 0.2) is 76.3 Å². The van der Waals surface area contributed by atoms with Crippen molar-refractivity contribution in [3.8, 4) is 17.0 Å². The number of carboxylic acids is 2. The molecule has 1 aromatic heterocycles. The number of ether oxygens (including phenoxy) is 1. The molecule has 2 aromatic carbocycles. The van der Waals surface area contributed by atoms with Gasteiger partial charge in [-0.15, -0.1) is 6.58 Å². The molecule has 3 aromatic rings. The molecule has 0 unspecified atom stereocenters. The number of aromatic nitrogens is 1. The lowest BCUT2D eigenvalue weighted by Crippen LogP contribution is -2.19. The molecule has 0 bridgehead atoms. The van der Waals surface area contributed by atoms with Gasteiger partial charge in [0, 0.05) is 40.2 Å². The molecule has 192 valence electrons. The molecule has 0 saturated heterocycles. The Kier molecular flexibility index (Phi) is 12.4. The molecule has 2 N–H and O–H groups in total. The van der Waals surface area contributed by atoms with Gasteiger partial charge in [-0.1, -0.05) is 52.1 Å². The average Bonchev–Trinajstić information content (AvgIpc) is 3.26. The molecular formula is C27H31BrN2O6. The lowest BCUT2D eigenvalue weighted by Gasteiger charge is -2.13. The highest BCUT2D eigenvalue weighted by molar-refractivity contribution is 9.10. The van der Waals surface area contributed by atoms with Crippen LogP contribution in [-0.4, -0.2) is 59.0 Å². The molecule has 0 amide bonds. The van der Waals surface area contributed by atoms with Crippen LogP contribution in [0.4, 0.5) is 0 Å². The third kappa shape index (κ3) is 10.5. The van der Waals surface area contributed by atoms with Gasteiger partial charge in [0.25, 0.3) is 0 Å². The van der Waals surface area contributed by atoms with Crippen molar-refractivity contribution in [2.24, 2.45) is 0 Å². The van der Waals surface area contributed by atoms with E-state index < -0.39 is 11.9 Å². The summed E-state index contributed by atoms with van der Waals surface area (Å²) in [6.45, 7) is 6.57. The van der Waals surface area contributed by atoms with E-state index >= 15 is 0 Å². The first-order valence-corrected chi connectivity index (χ1v) is 12.3. The Morgan fingerprint density at radius 1 is 1.06 bits per heavy atom. The average molecular weight is 559 g/mol. The third-order valence-electron chi connectivity index (χ3n) is 5.07. The third-order valence-corrected chi connectivity index (χ3v) is 5.60. The first kappa shape index (κ1) is 28.8. The molecule has 0 radical (unpaired) electrons. The highest BCUT2D eigenvalue weighted by atomic mass is 79.9. The summed E-state index contributed by atoms with van der Waals surface area (Å²) in [6.07, 6.45) is 7.74. The van der Waals surface area contributed by atoms with Crippen LogP contribution in [0.5, 0.6) is 5.75 Å². The Hall–Kier alpha value is -3.43. The number of benzene rings is 2. The monoisotopic (exact) mass is 558 g/mol. The van der Waals surface area contributed by atoms with Crippen LogP contribution < -0.4 is 4.74 Å². The molecule has 0 aliphatic rings. The highest BCUT2D eigenvalue weighted by Crippen LogP contribution is 2.31. The van der Waals surface area contributed by atoms with Crippen LogP contribution in [-0.2, 0) is 9.59 Å². The maximum absolute atomic E-state index is 9.55. The SMILES string of the molecule is C=CCN(C)CCCCCCOc1ccc2c(-c3ccc(Br)cc3)noc2c1.O=C(O)/C=C/C(=O)O. The van der Waals surface area contributed by atoms with E-state index in [1.165, 1.54) is 19.3 Å². The van der Waals surface area contributed by atoms with E-state index in [0.29, 0.717) is 12.2 Å². The molecule has 0 aliphatic carbocycles. The van der Waals surface area contributed by atoms with Crippen molar-refractivity contribution < 1.29 is 29.1 Å². The zero-order chi connectivity index (χ0) is 26.3. The standard InChI is InChI=1S/C23H27BrN2O2.C4H4O4/c1-3-14-26(2)15-6-4-5-7-16-27-20-12-13-21-22(17-20)28-25-23(21)18-8-10-19(24)11-9-18;5-3(6)1-2-4(7)8/h3,8-13,17H,1,4-7,14-16H2,2H3;1-2H,(H,5,6)(H,7,8)/b;2-1+. The van der Waals surface area contributed by atoms with Crippen LogP contribution in [0.3, 0.4) is 0 Å². The summed E-state index contributed by atoms with van der Waals surface area (Å²) in [6, 6.07) is 14.0. The van der Waals surface area contributed by atoms with E-state index in [4.69, 9.17) is 19.5 Å². The maximum atomic E-state index is 9.55. The fraction of sp³-hybridized carbons (Fsp3) is 0.296. The van der Waals surface area contributed by atoms with Crippen LogP contribution >= 0.6 is 15.9 Å². The minimum absolute atomic E-state index is 0.558. The number of hydrogen-bond donors (Lipinski definition) is 2. The Balaban J connectivity index is 0.000000493. The van der Waals surface area contributed by atoms with Crippen molar-refractivity contribution >= 4 is 38.8 Å². The van der Waals surface area contributed by atoms with Gasteiger partial charge in [-0.3, -0.25) is 0 Å². The number of carboxylic acid groups (broad SMARTS) is 2. The number of nitrogens with zero attached hydrogens (tertiary/aromatic N) is 2. The number of fused-ring (bicyclic) bond motifs is 1. The molecule has 0 saturated carbocycles.